The Balaban J connectivity index is 1.63. The van der Waals surface area contributed by atoms with Crippen molar-refractivity contribution in [1.29, 1.82) is 0 Å². The summed E-state index contributed by atoms with van der Waals surface area (Å²) in [4.78, 5) is 30.6. The van der Waals surface area contributed by atoms with Crippen LogP contribution < -0.4 is 0 Å². The van der Waals surface area contributed by atoms with E-state index in [4.69, 9.17) is 0 Å². The maximum Gasteiger partial charge on any atom is 0.279 e. The summed E-state index contributed by atoms with van der Waals surface area (Å²) in [5.41, 5.74) is 1.61. The lowest BCUT2D eigenvalue weighted by Gasteiger charge is -2.06. The van der Waals surface area contributed by atoms with Gasteiger partial charge in [0.05, 0.1) is 15.9 Å². The van der Waals surface area contributed by atoms with Crippen molar-refractivity contribution in [3.05, 3.63) is 133 Å². The molecule has 0 N–H and O–H groups in total. The van der Waals surface area contributed by atoms with Crippen molar-refractivity contribution in [2.45, 2.75) is 12.8 Å². The molecule has 2 aromatic carbocycles. The van der Waals surface area contributed by atoms with Gasteiger partial charge in [-0.25, -0.2) is 0 Å². The standard InChI is InChI=1S/C24H18N6O5/c31-28(22-10-8-18(24(16-22)30(34)35)14-20-6-2-4-12-26-20)27-21-9-7-17(23(15-21)29(32)33)13-19-5-1-3-11-25-19/h1-12,15-16H,13-14H2. The van der Waals surface area contributed by atoms with E-state index < -0.39 is 9.85 Å². The van der Waals surface area contributed by atoms with Crippen LogP contribution in [0.1, 0.15) is 22.5 Å². The fourth-order valence-corrected chi connectivity index (χ4v) is 3.48. The molecule has 0 aliphatic rings. The zero-order chi connectivity index (χ0) is 24.8. The third-order valence-electron chi connectivity index (χ3n) is 5.15. The second-order valence-corrected chi connectivity index (χ2v) is 7.51. The van der Waals surface area contributed by atoms with Crippen LogP contribution in [0.5, 0.6) is 0 Å². The van der Waals surface area contributed by atoms with E-state index in [9.17, 15) is 25.4 Å². The van der Waals surface area contributed by atoms with Crippen LogP contribution in [0.25, 0.3) is 0 Å². The quantitative estimate of drug-likeness (QED) is 0.145. The van der Waals surface area contributed by atoms with E-state index in [0.717, 1.165) is 6.07 Å². The topological polar surface area (TPSA) is 150 Å². The molecule has 0 aliphatic carbocycles. The van der Waals surface area contributed by atoms with Crippen molar-refractivity contribution in [2.75, 3.05) is 0 Å². The third kappa shape index (κ3) is 5.66. The van der Waals surface area contributed by atoms with Gasteiger partial charge in [0.15, 0.2) is 0 Å². The smallest absolute Gasteiger partial charge is 0.279 e. The Labute approximate surface area is 198 Å². The summed E-state index contributed by atoms with van der Waals surface area (Å²) in [5, 5.41) is 39.7. The Kier molecular flexibility index (Phi) is 6.77. The number of hydrogen-bond acceptors (Lipinski definition) is 8. The molecule has 0 aliphatic heterocycles. The van der Waals surface area contributed by atoms with E-state index >= 15 is 0 Å². The maximum atomic E-state index is 12.7. The Hall–Kier alpha value is -5.06. The minimum Gasteiger partial charge on any atom is -0.594 e. The molecule has 11 heteroatoms. The van der Waals surface area contributed by atoms with Gasteiger partial charge in [0.1, 0.15) is 5.69 Å². The van der Waals surface area contributed by atoms with Crippen molar-refractivity contribution < 1.29 is 14.7 Å². The third-order valence-corrected chi connectivity index (χ3v) is 5.15. The van der Waals surface area contributed by atoms with Crippen molar-refractivity contribution in [3.8, 4) is 0 Å². The molecule has 0 radical (unpaired) electrons. The van der Waals surface area contributed by atoms with Crippen molar-refractivity contribution in [3.63, 3.8) is 0 Å². The predicted molar refractivity (Wildman–Crippen MR) is 126 cm³/mol. The summed E-state index contributed by atoms with van der Waals surface area (Å²) in [7, 11) is 0. The monoisotopic (exact) mass is 470 g/mol. The molecule has 11 nitrogen and oxygen atoms in total. The van der Waals surface area contributed by atoms with Crippen LogP contribution in [0, 0.1) is 25.4 Å². The molecular weight excluding hydrogens is 452 g/mol. The van der Waals surface area contributed by atoms with Crippen LogP contribution in [0.2, 0.25) is 0 Å². The Bertz CT molecular complexity index is 1410. The van der Waals surface area contributed by atoms with Gasteiger partial charge in [-0.05, 0) is 47.3 Å². The molecule has 174 valence electrons. The first-order chi connectivity index (χ1) is 16.9. The van der Waals surface area contributed by atoms with Gasteiger partial charge in [0, 0.05) is 65.0 Å². The first-order valence-electron chi connectivity index (χ1n) is 10.4. The normalized spacial score (nSPS) is 11.3. The van der Waals surface area contributed by atoms with E-state index in [1.54, 1.807) is 48.8 Å². The molecule has 0 bridgehead atoms. The zero-order valence-electron chi connectivity index (χ0n) is 18.2. The Morgan fingerprint density at radius 3 is 1.74 bits per heavy atom. The molecule has 4 rings (SSSR count). The van der Waals surface area contributed by atoms with Crippen LogP contribution in [0.3, 0.4) is 0 Å². The highest BCUT2D eigenvalue weighted by Crippen LogP contribution is 2.30. The van der Waals surface area contributed by atoms with Crippen LogP contribution >= 0.6 is 0 Å². The lowest BCUT2D eigenvalue weighted by molar-refractivity contribution is -0.437. The van der Waals surface area contributed by atoms with E-state index in [-0.39, 0.29) is 40.5 Å². The lowest BCUT2D eigenvalue weighted by Crippen LogP contribution is -2.00. The number of nitrogens with zero attached hydrogens (tertiary/aromatic N) is 6. The number of hydrogen-bond donors (Lipinski definition) is 0. The van der Waals surface area contributed by atoms with Gasteiger partial charge in [0.2, 0.25) is 0 Å². The first-order valence-corrected chi connectivity index (χ1v) is 10.4. The molecule has 0 amide bonds. The molecule has 35 heavy (non-hydrogen) atoms. The first kappa shape index (κ1) is 23.1. The van der Waals surface area contributed by atoms with Gasteiger partial charge >= 0.3 is 0 Å². The molecule has 2 aromatic heterocycles. The van der Waals surface area contributed by atoms with E-state index in [1.165, 1.54) is 30.3 Å². The number of benzene rings is 2. The van der Waals surface area contributed by atoms with Gasteiger partial charge in [-0.2, -0.15) is 0 Å². The van der Waals surface area contributed by atoms with E-state index in [1.807, 2.05) is 0 Å². The minimum atomic E-state index is -0.577. The number of azo groups is 1. The van der Waals surface area contributed by atoms with E-state index in [2.05, 4.69) is 15.1 Å². The molecular formula is C24H18N6O5. The summed E-state index contributed by atoms with van der Waals surface area (Å²) in [5.74, 6) is 0. The highest BCUT2D eigenvalue weighted by atomic mass is 16.6. The average molecular weight is 470 g/mol. The van der Waals surface area contributed by atoms with Gasteiger partial charge in [-0.3, -0.25) is 30.2 Å². The van der Waals surface area contributed by atoms with Crippen LogP contribution in [0.4, 0.5) is 22.7 Å². The summed E-state index contributed by atoms with van der Waals surface area (Å²) >= 11 is 0. The average Bonchev–Trinajstić information content (AvgIpc) is 2.86. The van der Waals surface area contributed by atoms with Gasteiger partial charge < -0.3 is 5.21 Å². The fourth-order valence-electron chi connectivity index (χ4n) is 3.48. The van der Waals surface area contributed by atoms with Gasteiger partial charge in [-0.1, -0.05) is 12.1 Å². The molecule has 0 fully saturated rings. The Morgan fingerprint density at radius 2 is 1.23 bits per heavy atom. The van der Waals surface area contributed by atoms with Crippen molar-refractivity contribution in [2.24, 2.45) is 5.11 Å². The minimum absolute atomic E-state index is 0.0386. The summed E-state index contributed by atoms with van der Waals surface area (Å²) in [6, 6.07) is 18.7. The van der Waals surface area contributed by atoms with Gasteiger partial charge in [-0.15, -0.1) is 0 Å². The number of pyridine rings is 2. The Morgan fingerprint density at radius 1 is 0.686 bits per heavy atom. The summed E-state index contributed by atoms with van der Waals surface area (Å²) in [6.45, 7) is 0. The molecule has 0 saturated carbocycles. The number of nitro groups is 2. The number of rotatable bonds is 8. The SMILES string of the molecule is O=[N+]([O-])c1cc(N=[N+]([O-])c2ccc(Cc3ccccn3)c([N+](=O)[O-])c2)ccc1Cc1ccccn1. The highest BCUT2D eigenvalue weighted by Gasteiger charge is 2.20. The summed E-state index contributed by atoms with van der Waals surface area (Å²) in [6.07, 6.45) is 3.65. The maximum absolute atomic E-state index is 12.7. The molecule has 0 saturated heterocycles. The predicted octanol–water partition coefficient (Wildman–Crippen LogP) is 5.40. The van der Waals surface area contributed by atoms with Crippen molar-refractivity contribution >= 4 is 22.7 Å². The van der Waals surface area contributed by atoms with Crippen LogP contribution in [-0.2, 0) is 12.8 Å². The fraction of sp³-hybridized carbons (Fsp3) is 0.0833. The van der Waals surface area contributed by atoms with Crippen LogP contribution in [0.15, 0.2) is 90.3 Å². The number of nitro benzene ring substituents is 2. The lowest BCUT2D eigenvalue weighted by atomic mass is 10.1. The highest BCUT2D eigenvalue weighted by molar-refractivity contribution is 5.53. The molecule has 0 unspecified atom stereocenters. The number of aromatic nitrogens is 2. The molecule has 0 spiro atoms. The molecule has 4 aromatic rings. The summed E-state index contributed by atoms with van der Waals surface area (Å²) < 4.78 is 0. The van der Waals surface area contributed by atoms with E-state index in [0.29, 0.717) is 22.5 Å². The molecule has 0 atom stereocenters. The van der Waals surface area contributed by atoms with Crippen LogP contribution in [-0.4, -0.2) is 24.7 Å². The largest absolute Gasteiger partial charge is 0.594 e. The van der Waals surface area contributed by atoms with Crippen molar-refractivity contribution in [1.82, 2.24) is 9.97 Å². The second-order valence-electron chi connectivity index (χ2n) is 7.51. The van der Waals surface area contributed by atoms with Gasteiger partial charge in [0.25, 0.3) is 17.1 Å². The second kappa shape index (κ2) is 10.3. The molecule has 2 heterocycles. The zero-order valence-corrected chi connectivity index (χ0v) is 18.2.